The smallest absolute Gasteiger partial charge is 0.234 e. The quantitative estimate of drug-likeness (QED) is 0.842. The highest BCUT2D eigenvalue weighted by Gasteiger charge is 2.01. The van der Waals surface area contributed by atoms with Gasteiger partial charge < -0.3 is 10.2 Å². The van der Waals surface area contributed by atoms with Crippen molar-refractivity contribution in [1.82, 2.24) is 10.2 Å². The second kappa shape index (κ2) is 7.26. The van der Waals surface area contributed by atoms with E-state index in [9.17, 15) is 4.79 Å². The summed E-state index contributed by atoms with van der Waals surface area (Å²) in [5.41, 5.74) is 1.12. The first-order valence-electron chi connectivity index (χ1n) is 4.64. The molecule has 4 heteroatoms. The summed E-state index contributed by atoms with van der Waals surface area (Å²) in [6, 6.07) is 9.89. The predicted octanol–water partition coefficient (Wildman–Crippen LogP) is 1.29. The third-order valence-corrected chi connectivity index (χ3v) is 1.79. The van der Waals surface area contributed by atoms with E-state index in [4.69, 9.17) is 0 Å². The Kier molecular flexibility index (Phi) is 6.75. The van der Waals surface area contributed by atoms with Crippen molar-refractivity contribution < 1.29 is 4.79 Å². The van der Waals surface area contributed by atoms with Crippen LogP contribution < -0.4 is 5.32 Å². The number of hydrogen-bond donors (Lipinski definition) is 1. The molecule has 0 unspecified atom stereocenters. The van der Waals surface area contributed by atoms with Crippen molar-refractivity contribution >= 4 is 18.3 Å². The van der Waals surface area contributed by atoms with Crippen molar-refractivity contribution in [3.8, 4) is 0 Å². The molecule has 0 heterocycles. The zero-order valence-electron chi connectivity index (χ0n) is 9.06. The maximum atomic E-state index is 11.3. The summed E-state index contributed by atoms with van der Waals surface area (Å²) in [6.45, 7) is 1.04. The van der Waals surface area contributed by atoms with Crippen LogP contribution in [-0.4, -0.2) is 31.4 Å². The fraction of sp³-hybridized carbons (Fsp3) is 0.364. The molecule has 0 spiro atoms. The Morgan fingerprint density at radius 1 is 1.27 bits per heavy atom. The number of carbonyl (C=O) groups excluding carboxylic acids is 1. The van der Waals surface area contributed by atoms with E-state index in [0.717, 1.165) is 5.56 Å². The number of benzene rings is 1. The van der Waals surface area contributed by atoms with Gasteiger partial charge in [-0.25, -0.2) is 0 Å². The average Bonchev–Trinajstić information content (AvgIpc) is 2.15. The minimum absolute atomic E-state index is 0. The summed E-state index contributed by atoms with van der Waals surface area (Å²) in [5.74, 6) is 0.0545. The predicted molar refractivity (Wildman–Crippen MR) is 64.1 cm³/mol. The van der Waals surface area contributed by atoms with E-state index >= 15 is 0 Å². The van der Waals surface area contributed by atoms with E-state index in [0.29, 0.717) is 13.1 Å². The fourth-order valence-corrected chi connectivity index (χ4v) is 1.14. The monoisotopic (exact) mass is 228 g/mol. The van der Waals surface area contributed by atoms with Crippen molar-refractivity contribution in [2.45, 2.75) is 6.54 Å². The third-order valence-electron chi connectivity index (χ3n) is 1.79. The lowest BCUT2D eigenvalue weighted by Crippen LogP contribution is -2.32. The Hall–Kier alpha value is -1.06. The number of carbonyl (C=O) groups is 1. The van der Waals surface area contributed by atoms with E-state index < -0.39 is 0 Å². The number of halogens is 1. The van der Waals surface area contributed by atoms with Gasteiger partial charge in [-0.3, -0.25) is 4.79 Å². The zero-order chi connectivity index (χ0) is 10.4. The molecule has 1 aromatic rings. The van der Waals surface area contributed by atoms with E-state index in [1.54, 1.807) is 0 Å². The molecular weight excluding hydrogens is 212 g/mol. The highest BCUT2D eigenvalue weighted by Crippen LogP contribution is 1.96. The van der Waals surface area contributed by atoms with Gasteiger partial charge in [0.2, 0.25) is 5.91 Å². The van der Waals surface area contributed by atoms with Crippen molar-refractivity contribution in [3.63, 3.8) is 0 Å². The molecule has 1 rings (SSSR count). The van der Waals surface area contributed by atoms with Crippen molar-refractivity contribution in [2.75, 3.05) is 20.6 Å². The normalized spacial score (nSPS) is 9.53. The number of amides is 1. The van der Waals surface area contributed by atoms with Crippen LogP contribution in [0.15, 0.2) is 30.3 Å². The summed E-state index contributed by atoms with van der Waals surface area (Å²) in [4.78, 5) is 13.1. The van der Waals surface area contributed by atoms with Crippen molar-refractivity contribution in [1.29, 1.82) is 0 Å². The van der Waals surface area contributed by atoms with E-state index in [1.165, 1.54) is 0 Å². The minimum Gasteiger partial charge on any atom is -0.351 e. The van der Waals surface area contributed by atoms with Gasteiger partial charge in [-0.15, -0.1) is 12.4 Å². The van der Waals surface area contributed by atoms with Gasteiger partial charge in [-0.2, -0.15) is 0 Å². The van der Waals surface area contributed by atoms with Gasteiger partial charge in [0, 0.05) is 6.54 Å². The van der Waals surface area contributed by atoms with Gasteiger partial charge in [-0.05, 0) is 19.7 Å². The van der Waals surface area contributed by atoms with Crippen LogP contribution in [0.3, 0.4) is 0 Å². The number of hydrogen-bond acceptors (Lipinski definition) is 2. The topological polar surface area (TPSA) is 32.3 Å². The van der Waals surface area contributed by atoms with Gasteiger partial charge >= 0.3 is 0 Å². The van der Waals surface area contributed by atoms with Crippen LogP contribution in [0.25, 0.3) is 0 Å². The van der Waals surface area contributed by atoms with Crippen LogP contribution in [-0.2, 0) is 11.3 Å². The molecule has 0 bridgehead atoms. The number of likely N-dealkylation sites (N-methyl/N-ethyl adjacent to an activating group) is 1. The van der Waals surface area contributed by atoms with Gasteiger partial charge in [0.1, 0.15) is 0 Å². The van der Waals surface area contributed by atoms with Gasteiger partial charge in [0.25, 0.3) is 0 Å². The van der Waals surface area contributed by atoms with E-state index in [2.05, 4.69) is 5.32 Å². The molecule has 0 aliphatic heterocycles. The molecule has 0 radical (unpaired) electrons. The van der Waals surface area contributed by atoms with Crippen LogP contribution in [0, 0.1) is 0 Å². The summed E-state index contributed by atoms with van der Waals surface area (Å²) < 4.78 is 0. The van der Waals surface area contributed by atoms with Crippen LogP contribution in [0.5, 0.6) is 0 Å². The maximum absolute atomic E-state index is 11.3. The Labute approximate surface area is 96.9 Å². The molecule has 84 valence electrons. The molecule has 0 aromatic heterocycles. The van der Waals surface area contributed by atoms with Gasteiger partial charge in [-0.1, -0.05) is 30.3 Å². The molecule has 0 fully saturated rings. The van der Waals surface area contributed by atoms with Crippen molar-refractivity contribution in [3.05, 3.63) is 35.9 Å². The highest BCUT2D eigenvalue weighted by atomic mass is 35.5. The Balaban J connectivity index is 0.00000196. The van der Waals surface area contributed by atoms with E-state index in [-0.39, 0.29) is 18.3 Å². The summed E-state index contributed by atoms with van der Waals surface area (Å²) in [6.07, 6.45) is 0. The molecule has 0 saturated heterocycles. The maximum Gasteiger partial charge on any atom is 0.234 e. The van der Waals surface area contributed by atoms with Crippen molar-refractivity contribution in [2.24, 2.45) is 0 Å². The molecule has 0 aliphatic carbocycles. The van der Waals surface area contributed by atoms with Crippen LogP contribution in [0.1, 0.15) is 5.56 Å². The van der Waals surface area contributed by atoms with Crippen LogP contribution >= 0.6 is 12.4 Å². The molecule has 1 amide bonds. The Bertz CT molecular complexity index is 288. The van der Waals surface area contributed by atoms with Gasteiger partial charge in [0.15, 0.2) is 0 Å². The average molecular weight is 229 g/mol. The Morgan fingerprint density at radius 2 is 1.87 bits per heavy atom. The highest BCUT2D eigenvalue weighted by molar-refractivity contribution is 5.85. The first kappa shape index (κ1) is 13.9. The van der Waals surface area contributed by atoms with E-state index in [1.807, 2.05) is 49.3 Å². The first-order chi connectivity index (χ1) is 6.68. The summed E-state index contributed by atoms with van der Waals surface area (Å²) in [7, 11) is 3.75. The molecule has 0 aliphatic rings. The van der Waals surface area contributed by atoms with Crippen LogP contribution in [0.2, 0.25) is 0 Å². The molecular formula is C11H17ClN2O. The minimum atomic E-state index is 0. The molecule has 0 saturated carbocycles. The lowest BCUT2D eigenvalue weighted by Gasteiger charge is -2.09. The molecule has 1 aromatic carbocycles. The lowest BCUT2D eigenvalue weighted by atomic mass is 10.2. The van der Waals surface area contributed by atoms with Gasteiger partial charge in [0.05, 0.1) is 6.54 Å². The summed E-state index contributed by atoms with van der Waals surface area (Å²) in [5, 5.41) is 2.85. The van der Waals surface area contributed by atoms with Crippen LogP contribution in [0.4, 0.5) is 0 Å². The zero-order valence-corrected chi connectivity index (χ0v) is 9.88. The lowest BCUT2D eigenvalue weighted by molar-refractivity contribution is -0.121. The number of rotatable bonds is 4. The second-order valence-corrected chi connectivity index (χ2v) is 3.50. The summed E-state index contributed by atoms with van der Waals surface area (Å²) >= 11 is 0. The molecule has 15 heavy (non-hydrogen) atoms. The third kappa shape index (κ3) is 6.10. The SMILES string of the molecule is CN(C)CC(=O)NCc1ccccc1.Cl. The molecule has 3 nitrogen and oxygen atoms in total. The standard InChI is InChI=1S/C11H16N2O.ClH/c1-13(2)9-11(14)12-8-10-6-4-3-5-7-10;/h3-7H,8-9H2,1-2H3,(H,12,14);1H. The largest absolute Gasteiger partial charge is 0.351 e. The first-order valence-corrected chi connectivity index (χ1v) is 4.64. The fourth-order valence-electron chi connectivity index (χ4n) is 1.14. The molecule has 1 N–H and O–H groups in total. The number of nitrogens with one attached hydrogen (secondary N) is 1. The second-order valence-electron chi connectivity index (χ2n) is 3.50. The Morgan fingerprint density at radius 3 is 2.40 bits per heavy atom. The molecule has 0 atom stereocenters. The number of nitrogens with zero attached hydrogens (tertiary/aromatic N) is 1.